The Balaban J connectivity index is 1.87. The van der Waals surface area contributed by atoms with Crippen molar-refractivity contribution in [3.05, 3.63) is 53.7 Å². The number of hydrogen-bond acceptors (Lipinski definition) is 8. The second-order valence-electron chi connectivity index (χ2n) is 9.54. The average Bonchev–Trinajstić information content (AvgIpc) is 3.45. The zero-order chi connectivity index (χ0) is 26.7. The number of aromatic nitrogens is 3. The van der Waals surface area contributed by atoms with Crippen molar-refractivity contribution in [1.29, 1.82) is 5.26 Å². The molecule has 2 aromatic heterocycles. The summed E-state index contributed by atoms with van der Waals surface area (Å²) in [4.78, 5) is 18.8. The van der Waals surface area contributed by atoms with Gasteiger partial charge in [-0.05, 0) is 44.2 Å². The lowest BCUT2D eigenvalue weighted by Gasteiger charge is -2.22. The number of amides is 1. The molecule has 9 nitrogen and oxygen atoms in total. The van der Waals surface area contributed by atoms with Crippen LogP contribution in [0.15, 0.2) is 52.7 Å². The number of thiazole rings is 1. The highest BCUT2D eigenvalue weighted by Gasteiger charge is 2.29. The summed E-state index contributed by atoms with van der Waals surface area (Å²) in [6, 6.07) is 15.8. The molecule has 0 aliphatic heterocycles. The molecule has 0 aliphatic carbocycles. The first-order chi connectivity index (χ1) is 17.7. The Morgan fingerprint density at radius 1 is 1.16 bits per heavy atom. The van der Waals surface area contributed by atoms with E-state index in [1.54, 1.807) is 4.68 Å². The van der Waals surface area contributed by atoms with E-state index in [1.165, 1.54) is 18.3 Å². The molecule has 2 aromatic carbocycles. The van der Waals surface area contributed by atoms with Gasteiger partial charge in [0.2, 0.25) is 11.0 Å². The Kier molecular flexibility index (Phi) is 7.36. The molecular formula is C27H30N8OS. The maximum atomic E-state index is 11.9. The van der Waals surface area contributed by atoms with Gasteiger partial charge >= 0.3 is 0 Å². The number of hydrogen-bond donors (Lipinski definition) is 1. The number of fused-ring (bicyclic) bond motifs is 1. The Bertz CT molecular complexity index is 1480. The quantitative estimate of drug-likeness (QED) is 0.270. The molecule has 0 radical (unpaired) electrons. The molecule has 0 unspecified atom stereocenters. The van der Waals surface area contributed by atoms with Gasteiger partial charge in [-0.25, -0.2) is 4.98 Å². The van der Waals surface area contributed by atoms with Gasteiger partial charge in [-0.3, -0.25) is 4.79 Å². The molecule has 0 saturated carbocycles. The number of nitrogens with one attached hydrogen (secondary N) is 1. The zero-order valence-electron chi connectivity index (χ0n) is 21.9. The van der Waals surface area contributed by atoms with Crippen molar-refractivity contribution in [2.75, 3.05) is 23.3 Å². The molecule has 37 heavy (non-hydrogen) atoms. The molecule has 0 atom stereocenters. The molecule has 1 N–H and O–H groups in total. The smallest absolute Gasteiger partial charge is 0.221 e. The van der Waals surface area contributed by atoms with Crippen LogP contribution in [0.5, 0.6) is 0 Å². The molecule has 1 amide bonds. The SMILES string of the molecule is CCN(CC)c1ccc(/N=N/c2c(C#N)c(C(C)(C)C)nn2-c2nc3ccccc3s2)c(NC(C)=O)c1. The van der Waals surface area contributed by atoms with Gasteiger partial charge in [-0.2, -0.15) is 15.0 Å². The van der Waals surface area contributed by atoms with Crippen molar-refractivity contribution in [2.24, 2.45) is 10.2 Å². The molecular weight excluding hydrogens is 484 g/mol. The minimum absolute atomic E-state index is 0.208. The summed E-state index contributed by atoms with van der Waals surface area (Å²) < 4.78 is 2.60. The first-order valence-electron chi connectivity index (χ1n) is 12.1. The monoisotopic (exact) mass is 514 g/mol. The summed E-state index contributed by atoms with van der Waals surface area (Å²) in [6.45, 7) is 13.3. The number of para-hydroxylation sites is 1. The predicted octanol–water partition coefficient (Wildman–Crippen LogP) is 6.87. The highest BCUT2D eigenvalue weighted by Crippen LogP contribution is 2.37. The van der Waals surface area contributed by atoms with Gasteiger partial charge < -0.3 is 10.2 Å². The van der Waals surface area contributed by atoms with Crippen molar-refractivity contribution in [2.45, 2.75) is 47.0 Å². The van der Waals surface area contributed by atoms with Crippen LogP contribution in [-0.2, 0) is 10.2 Å². The number of nitrogens with zero attached hydrogens (tertiary/aromatic N) is 7. The summed E-state index contributed by atoms with van der Waals surface area (Å²) in [5, 5.41) is 27.3. The number of anilines is 2. The Hall–Kier alpha value is -4.10. The van der Waals surface area contributed by atoms with E-state index in [9.17, 15) is 10.1 Å². The summed E-state index contributed by atoms with van der Waals surface area (Å²) in [7, 11) is 0. The van der Waals surface area contributed by atoms with E-state index in [0.717, 1.165) is 29.0 Å². The molecule has 190 valence electrons. The van der Waals surface area contributed by atoms with Gasteiger partial charge in [0, 0.05) is 31.1 Å². The van der Waals surface area contributed by atoms with Crippen molar-refractivity contribution in [3.63, 3.8) is 0 Å². The number of benzene rings is 2. The maximum absolute atomic E-state index is 11.9. The first-order valence-corrected chi connectivity index (χ1v) is 13.0. The van der Waals surface area contributed by atoms with Crippen molar-refractivity contribution < 1.29 is 4.79 Å². The van der Waals surface area contributed by atoms with E-state index < -0.39 is 5.41 Å². The number of nitriles is 1. The van der Waals surface area contributed by atoms with Gasteiger partial charge in [0.05, 0.1) is 21.6 Å². The topological polar surface area (TPSA) is 112 Å². The molecule has 0 aliphatic rings. The Labute approximate surface area is 220 Å². The second-order valence-corrected chi connectivity index (χ2v) is 10.5. The molecule has 0 bridgehead atoms. The third kappa shape index (κ3) is 5.37. The fourth-order valence-electron chi connectivity index (χ4n) is 4.00. The van der Waals surface area contributed by atoms with E-state index in [1.807, 2.05) is 63.2 Å². The van der Waals surface area contributed by atoms with Crippen molar-refractivity contribution in [3.8, 4) is 11.2 Å². The lowest BCUT2D eigenvalue weighted by Crippen LogP contribution is -2.21. The normalized spacial score (nSPS) is 11.7. The van der Waals surface area contributed by atoms with E-state index >= 15 is 0 Å². The minimum Gasteiger partial charge on any atom is -0.372 e. The van der Waals surface area contributed by atoms with Crippen LogP contribution in [0.4, 0.5) is 22.9 Å². The largest absolute Gasteiger partial charge is 0.372 e. The summed E-state index contributed by atoms with van der Waals surface area (Å²) in [5.74, 6) is 0.0912. The van der Waals surface area contributed by atoms with E-state index in [-0.39, 0.29) is 5.91 Å². The predicted molar refractivity (Wildman–Crippen MR) is 149 cm³/mol. The third-order valence-corrected chi connectivity index (χ3v) is 6.83. The van der Waals surface area contributed by atoms with Gasteiger partial charge in [0.15, 0.2) is 5.82 Å². The standard InChI is InChI=1S/C27H30N8OS/c1-7-34(8-2)18-13-14-20(22(15-18)29-17(3)36)31-32-25-19(16-28)24(27(4,5)6)33-35(25)26-30-21-11-9-10-12-23(21)37-26/h9-15H,7-8H2,1-6H3,(H,29,36)/b32-31+. The summed E-state index contributed by atoms with van der Waals surface area (Å²) >= 11 is 1.47. The number of azo groups is 1. The Morgan fingerprint density at radius 3 is 2.51 bits per heavy atom. The zero-order valence-corrected chi connectivity index (χ0v) is 22.7. The number of carbonyl (C=O) groups excluding carboxylic acids is 1. The van der Waals surface area contributed by atoms with Gasteiger partial charge in [-0.1, -0.05) is 44.2 Å². The number of rotatable bonds is 7. The van der Waals surface area contributed by atoms with Gasteiger partial charge in [0.1, 0.15) is 17.3 Å². The molecule has 0 spiro atoms. The summed E-state index contributed by atoms with van der Waals surface area (Å²) in [6.07, 6.45) is 0. The van der Waals surface area contributed by atoms with Crippen molar-refractivity contribution >= 4 is 50.3 Å². The van der Waals surface area contributed by atoms with Crippen LogP contribution in [0.25, 0.3) is 15.3 Å². The highest BCUT2D eigenvalue weighted by atomic mass is 32.1. The van der Waals surface area contributed by atoms with E-state index in [0.29, 0.717) is 33.6 Å². The average molecular weight is 515 g/mol. The van der Waals surface area contributed by atoms with Crippen LogP contribution in [-0.4, -0.2) is 33.8 Å². The number of carbonyl (C=O) groups is 1. The molecule has 4 rings (SSSR count). The first kappa shape index (κ1) is 26.0. The lowest BCUT2D eigenvalue weighted by atomic mass is 9.90. The lowest BCUT2D eigenvalue weighted by molar-refractivity contribution is -0.114. The van der Waals surface area contributed by atoms with Crippen LogP contribution < -0.4 is 10.2 Å². The van der Waals surface area contributed by atoms with Crippen LogP contribution in [0.1, 0.15) is 52.8 Å². The van der Waals surface area contributed by atoms with E-state index in [4.69, 9.17) is 10.1 Å². The van der Waals surface area contributed by atoms with Crippen LogP contribution >= 0.6 is 11.3 Å². The highest BCUT2D eigenvalue weighted by molar-refractivity contribution is 7.20. The van der Waals surface area contributed by atoms with Gasteiger partial charge in [-0.15, -0.1) is 10.2 Å². The maximum Gasteiger partial charge on any atom is 0.221 e. The minimum atomic E-state index is -0.399. The Morgan fingerprint density at radius 2 is 1.89 bits per heavy atom. The van der Waals surface area contributed by atoms with Crippen LogP contribution in [0.3, 0.4) is 0 Å². The van der Waals surface area contributed by atoms with Crippen molar-refractivity contribution in [1.82, 2.24) is 14.8 Å². The second kappa shape index (κ2) is 10.5. The summed E-state index contributed by atoms with van der Waals surface area (Å²) in [5.41, 5.74) is 3.39. The fourth-order valence-corrected chi connectivity index (χ4v) is 4.92. The fraction of sp³-hybridized carbons (Fsp3) is 0.333. The molecule has 0 saturated heterocycles. The molecule has 2 heterocycles. The molecule has 0 fully saturated rings. The molecule has 4 aromatic rings. The van der Waals surface area contributed by atoms with Crippen LogP contribution in [0.2, 0.25) is 0 Å². The third-order valence-electron chi connectivity index (χ3n) is 5.82. The van der Waals surface area contributed by atoms with Gasteiger partial charge in [0.25, 0.3) is 0 Å². The van der Waals surface area contributed by atoms with Crippen LogP contribution in [0, 0.1) is 11.3 Å². The van der Waals surface area contributed by atoms with E-state index in [2.05, 4.69) is 40.4 Å². The molecule has 10 heteroatoms.